The van der Waals surface area contributed by atoms with Crippen LogP contribution in [0.5, 0.6) is 0 Å². The number of nitrogens with zero attached hydrogens (tertiary/aromatic N) is 2. The third-order valence-electron chi connectivity index (χ3n) is 4.78. The zero-order valence-corrected chi connectivity index (χ0v) is 13.2. The number of benzene rings is 1. The number of aliphatic imine (C=N–C) groups is 1. The van der Waals surface area contributed by atoms with Crippen molar-refractivity contribution in [3.63, 3.8) is 0 Å². The lowest BCUT2D eigenvalue weighted by Crippen LogP contribution is -2.48. The Bertz CT molecular complexity index is 579. The molecule has 0 aromatic heterocycles. The van der Waals surface area contributed by atoms with Crippen LogP contribution in [-0.4, -0.2) is 48.8 Å². The van der Waals surface area contributed by atoms with Crippen molar-refractivity contribution in [1.29, 1.82) is 0 Å². The maximum Gasteiger partial charge on any atom is 0.190 e. The minimum absolute atomic E-state index is 0.440. The van der Waals surface area contributed by atoms with Crippen LogP contribution < -0.4 is 5.48 Å². The van der Waals surface area contributed by atoms with E-state index in [-0.39, 0.29) is 0 Å². The second kappa shape index (κ2) is 5.81. The first kappa shape index (κ1) is 14.5. The summed E-state index contributed by atoms with van der Waals surface area (Å²) in [6.07, 6.45) is 2.93. The SMILES string of the molecule is Clc1ccccc1C1=NC2(CCN(C3CCOC3)CC2)ON1. The Morgan fingerprint density at radius 1 is 1.27 bits per heavy atom. The summed E-state index contributed by atoms with van der Waals surface area (Å²) >= 11 is 6.24. The second-order valence-electron chi connectivity index (χ2n) is 6.14. The van der Waals surface area contributed by atoms with Crippen LogP contribution in [0.15, 0.2) is 29.3 Å². The highest BCUT2D eigenvalue weighted by molar-refractivity contribution is 6.34. The molecular weight excluding hydrogens is 302 g/mol. The number of piperidine rings is 1. The van der Waals surface area contributed by atoms with Gasteiger partial charge in [0, 0.05) is 44.1 Å². The topological polar surface area (TPSA) is 46.1 Å². The summed E-state index contributed by atoms with van der Waals surface area (Å²) in [7, 11) is 0. The van der Waals surface area contributed by atoms with Gasteiger partial charge in [0.2, 0.25) is 0 Å². The average Bonchev–Trinajstić information content (AvgIpc) is 3.20. The van der Waals surface area contributed by atoms with Crippen molar-refractivity contribution in [3.8, 4) is 0 Å². The summed E-state index contributed by atoms with van der Waals surface area (Å²) in [5.74, 6) is 0.739. The lowest BCUT2D eigenvalue weighted by atomic mass is 9.99. The third kappa shape index (κ3) is 2.63. The fourth-order valence-corrected chi connectivity index (χ4v) is 3.65. The Labute approximate surface area is 135 Å². The number of hydrogen-bond acceptors (Lipinski definition) is 5. The van der Waals surface area contributed by atoms with E-state index in [9.17, 15) is 0 Å². The van der Waals surface area contributed by atoms with Crippen molar-refractivity contribution >= 4 is 17.4 Å². The van der Waals surface area contributed by atoms with Crippen molar-refractivity contribution in [2.24, 2.45) is 4.99 Å². The van der Waals surface area contributed by atoms with Crippen molar-refractivity contribution in [2.75, 3.05) is 26.3 Å². The molecule has 118 valence electrons. The van der Waals surface area contributed by atoms with Crippen LogP contribution >= 0.6 is 11.6 Å². The molecule has 22 heavy (non-hydrogen) atoms. The smallest absolute Gasteiger partial charge is 0.190 e. The molecule has 2 fully saturated rings. The van der Waals surface area contributed by atoms with Gasteiger partial charge < -0.3 is 4.74 Å². The van der Waals surface area contributed by atoms with Crippen LogP contribution in [0.3, 0.4) is 0 Å². The predicted molar refractivity (Wildman–Crippen MR) is 85.0 cm³/mol. The first-order valence-corrected chi connectivity index (χ1v) is 8.24. The Balaban J connectivity index is 1.47. The van der Waals surface area contributed by atoms with Gasteiger partial charge in [-0.05, 0) is 18.6 Å². The molecule has 0 radical (unpaired) electrons. The lowest BCUT2D eigenvalue weighted by Gasteiger charge is -2.38. The normalized spacial score (nSPS) is 27.9. The Morgan fingerprint density at radius 3 is 2.82 bits per heavy atom. The zero-order valence-electron chi connectivity index (χ0n) is 12.4. The van der Waals surface area contributed by atoms with Gasteiger partial charge in [0.15, 0.2) is 11.6 Å². The van der Waals surface area contributed by atoms with Gasteiger partial charge in [-0.1, -0.05) is 23.7 Å². The van der Waals surface area contributed by atoms with E-state index in [4.69, 9.17) is 26.2 Å². The molecule has 1 N–H and O–H groups in total. The Morgan fingerprint density at radius 2 is 2.09 bits per heavy atom. The van der Waals surface area contributed by atoms with Crippen LogP contribution in [-0.2, 0) is 9.57 Å². The molecule has 1 aromatic rings. The Kier molecular flexibility index (Phi) is 3.82. The minimum Gasteiger partial charge on any atom is -0.380 e. The first-order chi connectivity index (χ1) is 10.8. The van der Waals surface area contributed by atoms with Crippen LogP contribution in [0.4, 0.5) is 0 Å². The second-order valence-corrected chi connectivity index (χ2v) is 6.55. The molecule has 1 aromatic carbocycles. The number of amidine groups is 1. The predicted octanol–water partition coefficient (Wildman–Crippen LogP) is 2.20. The van der Waals surface area contributed by atoms with Crippen LogP contribution in [0.2, 0.25) is 5.02 Å². The van der Waals surface area contributed by atoms with Crippen molar-refractivity contribution in [3.05, 3.63) is 34.9 Å². The Hall–Kier alpha value is -1.14. The molecule has 0 amide bonds. The molecular formula is C16H20ClN3O2. The number of hydroxylamine groups is 1. The summed E-state index contributed by atoms with van der Waals surface area (Å²) in [5, 5.41) is 0.690. The first-order valence-electron chi connectivity index (χ1n) is 7.86. The van der Waals surface area contributed by atoms with Crippen LogP contribution in [0.25, 0.3) is 0 Å². The number of halogens is 1. The molecule has 6 heteroatoms. The van der Waals surface area contributed by atoms with E-state index in [0.29, 0.717) is 11.1 Å². The molecule has 0 bridgehead atoms. The molecule has 1 spiro atoms. The maximum absolute atomic E-state index is 6.24. The van der Waals surface area contributed by atoms with Gasteiger partial charge in [-0.3, -0.25) is 4.90 Å². The largest absolute Gasteiger partial charge is 0.380 e. The van der Waals surface area contributed by atoms with Gasteiger partial charge >= 0.3 is 0 Å². The standard InChI is InChI=1S/C16H20ClN3O2/c17-14-4-2-1-3-13(14)15-18-16(22-19-15)6-8-20(9-7-16)12-5-10-21-11-12/h1-4,12H,5-11H2,(H,18,19). The maximum atomic E-state index is 6.24. The highest BCUT2D eigenvalue weighted by atomic mass is 35.5. The fourth-order valence-electron chi connectivity index (χ4n) is 3.42. The quantitative estimate of drug-likeness (QED) is 0.907. The summed E-state index contributed by atoms with van der Waals surface area (Å²) in [6.45, 7) is 3.74. The molecule has 2 saturated heterocycles. The van der Waals surface area contributed by atoms with Crippen LogP contribution in [0.1, 0.15) is 24.8 Å². The number of ether oxygens (including phenoxy) is 1. The van der Waals surface area contributed by atoms with E-state index in [1.165, 1.54) is 0 Å². The van der Waals surface area contributed by atoms with Gasteiger partial charge in [0.05, 0.1) is 11.6 Å². The molecule has 0 aliphatic carbocycles. The van der Waals surface area contributed by atoms with Crippen LogP contribution in [0, 0.1) is 0 Å². The van der Waals surface area contributed by atoms with Gasteiger partial charge in [-0.2, -0.15) is 0 Å². The number of nitrogens with one attached hydrogen (secondary N) is 1. The molecule has 1 atom stereocenters. The zero-order chi connectivity index (χ0) is 15.0. The van der Waals surface area contributed by atoms with Crippen molar-refractivity contribution < 1.29 is 9.57 Å². The molecule has 3 heterocycles. The van der Waals surface area contributed by atoms with E-state index < -0.39 is 5.72 Å². The molecule has 5 nitrogen and oxygen atoms in total. The van der Waals surface area contributed by atoms with Crippen molar-refractivity contribution in [2.45, 2.75) is 31.0 Å². The molecule has 3 aliphatic rings. The average molecular weight is 322 g/mol. The van der Waals surface area contributed by atoms with E-state index in [0.717, 1.165) is 57.0 Å². The lowest BCUT2D eigenvalue weighted by molar-refractivity contribution is -0.0939. The molecule has 1 unspecified atom stereocenters. The molecule has 4 rings (SSSR count). The highest BCUT2D eigenvalue weighted by Crippen LogP contribution is 2.33. The summed E-state index contributed by atoms with van der Waals surface area (Å²) in [6, 6.07) is 8.27. The monoisotopic (exact) mass is 321 g/mol. The summed E-state index contributed by atoms with van der Waals surface area (Å²) in [5.41, 5.74) is 3.44. The van der Waals surface area contributed by atoms with E-state index >= 15 is 0 Å². The number of likely N-dealkylation sites (tertiary alicyclic amines) is 1. The van der Waals surface area contributed by atoms with Gasteiger partial charge in [0.25, 0.3) is 0 Å². The molecule has 0 saturated carbocycles. The summed E-state index contributed by atoms with van der Waals surface area (Å²) in [4.78, 5) is 13.2. The van der Waals surface area contributed by atoms with E-state index in [1.54, 1.807) is 0 Å². The van der Waals surface area contributed by atoms with E-state index in [1.807, 2.05) is 24.3 Å². The number of rotatable bonds is 2. The van der Waals surface area contributed by atoms with E-state index in [2.05, 4.69) is 10.4 Å². The highest BCUT2D eigenvalue weighted by Gasteiger charge is 2.42. The number of hydrogen-bond donors (Lipinski definition) is 1. The fraction of sp³-hybridized carbons (Fsp3) is 0.562. The summed E-state index contributed by atoms with van der Waals surface area (Å²) < 4.78 is 5.49. The molecule has 3 aliphatic heterocycles. The third-order valence-corrected chi connectivity index (χ3v) is 5.11. The van der Waals surface area contributed by atoms with Crippen molar-refractivity contribution in [1.82, 2.24) is 10.4 Å². The van der Waals surface area contributed by atoms with Gasteiger partial charge in [0.1, 0.15) is 0 Å². The minimum atomic E-state index is -0.440. The van der Waals surface area contributed by atoms with Gasteiger partial charge in [-0.25, -0.2) is 15.3 Å². The van der Waals surface area contributed by atoms with Gasteiger partial charge in [-0.15, -0.1) is 0 Å².